The van der Waals surface area contributed by atoms with E-state index < -0.39 is 33.7 Å². The molecule has 0 bridgehead atoms. The number of nitrogens with zero attached hydrogens (tertiary/aromatic N) is 4. The lowest BCUT2D eigenvalue weighted by Crippen LogP contribution is -2.45. The molecule has 0 aliphatic carbocycles. The van der Waals surface area contributed by atoms with Crippen molar-refractivity contribution in [3.8, 4) is 0 Å². The molecule has 2 aromatic heterocycles. The SMILES string of the molecule is CC(C)(C)OC(=O)N[C@H]1CN(c2cc(N3CCS(=O)(=O)c4ccccc4C3)nc3ccncc23)C[C@@H]1O. The number of nitrogens with one attached hydrogen (secondary N) is 1. The first-order valence-electron chi connectivity index (χ1n) is 12.2. The predicted octanol–water partition coefficient (Wildman–Crippen LogP) is 2.50. The number of ether oxygens (including phenoxy) is 1. The zero-order valence-corrected chi connectivity index (χ0v) is 21.9. The zero-order valence-electron chi connectivity index (χ0n) is 21.1. The lowest BCUT2D eigenvalue weighted by molar-refractivity contribution is 0.0461. The van der Waals surface area contributed by atoms with Gasteiger partial charge in [0.1, 0.15) is 11.4 Å². The highest BCUT2D eigenvalue weighted by Crippen LogP contribution is 2.34. The highest BCUT2D eigenvalue weighted by Gasteiger charge is 2.35. The van der Waals surface area contributed by atoms with Gasteiger partial charge < -0.3 is 25.0 Å². The molecular weight excluding hydrogens is 494 g/mol. The molecule has 2 aliphatic heterocycles. The molecule has 196 valence electrons. The molecule has 0 saturated carbocycles. The van der Waals surface area contributed by atoms with E-state index in [0.29, 0.717) is 42.4 Å². The van der Waals surface area contributed by atoms with Crippen LogP contribution < -0.4 is 15.1 Å². The van der Waals surface area contributed by atoms with Gasteiger partial charge in [0.25, 0.3) is 0 Å². The number of aromatic nitrogens is 2. The third-order valence-electron chi connectivity index (χ3n) is 6.53. The normalized spacial score (nSPS) is 21.4. The molecule has 10 nitrogen and oxygen atoms in total. The number of anilines is 2. The van der Waals surface area contributed by atoms with E-state index in [1.807, 2.05) is 34.1 Å². The predicted molar refractivity (Wildman–Crippen MR) is 140 cm³/mol. The number of carbonyl (C=O) groups excluding carboxylic acids is 1. The summed E-state index contributed by atoms with van der Waals surface area (Å²) in [4.78, 5) is 25.7. The average Bonchev–Trinajstić information content (AvgIpc) is 3.12. The Morgan fingerprint density at radius 1 is 1.16 bits per heavy atom. The fourth-order valence-corrected chi connectivity index (χ4v) is 6.30. The number of rotatable bonds is 3. The van der Waals surface area contributed by atoms with Gasteiger partial charge in [0.15, 0.2) is 9.84 Å². The summed E-state index contributed by atoms with van der Waals surface area (Å²) >= 11 is 0. The molecule has 3 aromatic rings. The molecule has 4 heterocycles. The van der Waals surface area contributed by atoms with Crippen LogP contribution in [0.1, 0.15) is 26.3 Å². The molecule has 37 heavy (non-hydrogen) atoms. The van der Waals surface area contributed by atoms with Crippen LogP contribution in [0, 0.1) is 0 Å². The van der Waals surface area contributed by atoms with Crippen molar-refractivity contribution in [1.82, 2.24) is 15.3 Å². The summed E-state index contributed by atoms with van der Waals surface area (Å²) in [5, 5.41) is 14.3. The minimum absolute atomic E-state index is 0.0142. The second kappa shape index (κ2) is 9.46. The van der Waals surface area contributed by atoms with Crippen LogP contribution in [0.25, 0.3) is 10.9 Å². The Morgan fingerprint density at radius 3 is 2.73 bits per heavy atom. The summed E-state index contributed by atoms with van der Waals surface area (Å²) in [5.74, 6) is 0.623. The molecule has 2 aliphatic rings. The second-order valence-corrected chi connectivity index (χ2v) is 12.5. The smallest absolute Gasteiger partial charge is 0.408 e. The van der Waals surface area contributed by atoms with Crippen molar-refractivity contribution < 1.29 is 23.1 Å². The van der Waals surface area contributed by atoms with E-state index in [0.717, 1.165) is 16.6 Å². The van der Waals surface area contributed by atoms with Crippen LogP contribution in [0.4, 0.5) is 16.3 Å². The average molecular weight is 526 g/mol. The summed E-state index contributed by atoms with van der Waals surface area (Å²) < 4.78 is 31.1. The van der Waals surface area contributed by atoms with E-state index in [-0.39, 0.29) is 5.75 Å². The van der Waals surface area contributed by atoms with Crippen LogP contribution in [0.2, 0.25) is 0 Å². The minimum atomic E-state index is -3.40. The van der Waals surface area contributed by atoms with Gasteiger partial charge in [-0.3, -0.25) is 4.98 Å². The Balaban J connectivity index is 1.46. The fourth-order valence-electron chi connectivity index (χ4n) is 4.80. The van der Waals surface area contributed by atoms with E-state index in [4.69, 9.17) is 9.72 Å². The van der Waals surface area contributed by atoms with Gasteiger partial charge in [-0.05, 0) is 38.5 Å². The van der Waals surface area contributed by atoms with Gasteiger partial charge in [-0.2, -0.15) is 0 Å². The van der Waals surface area contributed by atoms with Gasteiger partial charge in [-0.25, -0.2) is 18.2 Å². The largest absolute Gasteiger partial charge is 0.444 e. The molecule has 1 saturated heterocycles. The Hall–Kier alpha value is -3.44. The highest BCUT2D eigenvalue weighted by atomic mass is 32.2. The van der Waals surface area contributed by atoms with E-state index >= 15 is 0 Å². The van der Waals surface area contributed by atoms with Crippen LogP contribution in [0.5, 0.6) is 0 Å². The Kier molecular flexibility index (Phi) is 6.45. The number of alkyl carbamates (subject to hydrolysis) is 1. The van der Waals surface area contributed by atoms with Crippen molar-refractivity contribution in [3.05, 3.63) is 54.4 Å². The van der Waals surface area contributed by atoms with Crippen LogP contribution in [-0.4, -0.2) is 72.7 Å². The van der Waals surface area contributed by atoms with E-state index in [2.05, 4.69) is 10.3 Å². The zero-order chi connectivity index (χ0) is 26.4. The first-order chi connectivity index (χ1) is 17.5. The number of amides is 1. The quantitative estimate of drug-likeness (QED) is 0.531. The van der Waals surface area contributed by atoms with Gasteiger partial charge in [-0.1, -0.05) is 18.2 Å². The van der Waals surface area contributed by atoms with Crippen molar-refractivity contribution in [2.45, 2.75) is 50.0 Å². The number of benzene rings is 1. The van der Waals surface area contributed by atoms with Crippen molar-refractivity contribution in [2.24, 2.45) is 0 Å². The number of sulfone groups is 1. The Bertz CT molecular complexity index is 1440. The van der Waals surface area contributed by atoms with Crippen LogP contribution >= 0.6 is 0 Å². The summed E-state index contributed by atoms with van der Waals surface area (Å²) in [6.07, 6.45) is 2.01. The van der Waals surface area contributed by atoms with Gasteiger partial charge in [0, 0.05) is 50.0 Å². The maximum Gasteiger partial charge on any atom is 0.408 e. The molecule has 0 radical (unpaired) electrons. The molecule has 1 amide bonds. The minimum Gasteiger partial charge on any atom is -0.444 e. The Labute approximate surface area is 216 Å². The van der Waals surface area contributed by atoms with Crippen LogP contribution in [-0.2, 0) is 21.1 Å². The van der Waals surface area contributed by atoms with Gasteiger partial charge in [0.2, 0.25) is 0 Å². The third kappa shape index (κ3) is 5.33. The molecule has 0 spiro atoms. The van der Waals surface area contributed by atoms with Crippen molar-refractivity contribution in [2.75, 3.05) is 35.2 Å². The molecule has 0 unspecified atom stereocenters. The fraction of sp³-hybridized carbons (Fsp3) is 0.423. The first kappa shape index (κ1) is 25.2. The van der Waals surface area contributed by atoms with Crippen molar-refractivity contribution >= 4 is 38.3 Å². The summed E-state index contributed by atoms with van der Waals surface area (Å²) in [7, 11) is -3.40. The monoisotopic (exact) mass is 525 g/mol. The first-order valence-corrected chi connectivity index (χ1v) is 13.9. The summed E-state index contributed by atoms with van der Waals surface area (Å²) in [6, 6.07) is 10.3. The molecule has 2 atom stereocenters. The summed E-state index contributed by atoms with van der Waals surface area (Å²) in [5.41, 5.74) is 1.60. The van der Waals surface area contributed by atoms with Crippen LogP contribution in [0.15, 0.2) is 53.7 Å². The molecule has 1 fully saturated rings. The third-order valence-corrected chi connectivity index (χ3v) is 8.32. The lowest BCUT2D eigenvalue weighted by atomic mass is 10.2. The standard InChI is InChI=1S/C26H31N5O5S/c1-26(2,3)36-25(33)29-20-15-31(16-22(20)32)21-12-24(28-19-8-9-27-13-18(19)21)30-10-11-37(34,35)23-7-5-4-6-17(23)14-30/h4-9,12-13,20,22,32H,10-11,14-16H2,1-3H3,(H,29,33)/t20-,22-/m0/s1. The Morgan fingerprint density at radius 2 is 1.95 bits per heavy atom. The van der Waals surface area contributed by atoms with Crippen molar-refractivity contribution in [1.29, 1.82) is 0 Å². The molecular formula is C26H31N5O5S. The number of fused-ring (bicyclic) bond motifs is 2. The lowest BCUT2D eigenvalue weighted by Gasteiger charge is -2.26. The topological polar surface area (TPSA) is 125 Å². The molecule has 2 N–H and O–H groups in total. The number of carbonyl (C=O) groups is 1. The summed E-state index contributed by atoms with van der Waals surface area (Å²) in [6.45, 7) is 6.72. The number of hydrogen-bond donors (Lipinski definition) is 2. The van der Waals surface area contributed by atoms with Gasteiger partial charge in [-0.15, -0.1) is 0 Å². The van der Waals surface area contributed by atoms with E-state index in [1.165, 1.54) is 0 Å². The van der Waals surface area contributed by atoms with Crippen LogP contribution in [0.3, 0.4) is 0 Å². The molecule has 1 aromatic carbocycles. The number of β-amino-alcohol motifs (C(OH)–C–C–N with tert-alkyl or cyclic N) is 1. The molecule has 11 heteroatoms. The number of aliphatic hydroxyl groups excluding tert-OH is 1. The maximum absolute atomic E-state index is 12.9. The maximum atomic E-state index is 12.9. The number of aliphatic hydroxyl groups is 1. The second-order valence-electron chi connectivity index (χ2n) is 10.5. The van der Waals surface area contributed by atoms with Crippen molar-refractivity contribution in [3.63, 3.8) is 0 Å². The highest BCUT2D eigenvalue weighted by molar-refractivity contribution is 7.91. The van der Waals surface area contributed by atoms with Gasteiger partial charge >= 0.3 is 6.09 Å². The van der Waals surface area contributed by atoms with E-state index in [9.17, 15) is 18.3 Å². The molecule has 5 rings (SSSR count). The number of hydrogen-bond acceptors (Lipinski definition) is 9. The number of pyridine rings is 2. The van der Waals surface area contributed by atoms with Gasteiger partial charge in [0.05, 0.1) is 34.0 Å². The van der Waals surface area contributed by atoms with E-state index in [1.54, 1.807) is 45.3 Å².